The molecule has 0 atom stereocenters. The summed E-state index contributed by atoms with van der Waals surface area (Å²) < 4.78 is 43.9. The number of nitro benzene ring substituents is 1. The van der Waals surface area contributed by atoms with Crippen molar-refractivity contribution in [3.8, 4) is 11.5 Å². The minimum absolute atomic E-state index is 0.106. The standard InChI is InChI=1S/C20H23N3O7S/c24-23(25)16-2-3-17(20(14-16)31(26,27)22-7-9-28-10-8-22)21-6-5-15-1-4-18-19(13-15)30-12-11-29-18/h1-4,13-14,21H,5-12H2. The molecule has 0 aliphatic carbocycles. The Morgan fingerprint density at radius 2 is 1.74 bits per heavy atom. The van der Waals surface area contributed by atoms with E-state index in [4.69, 9.17) is 14.2 Å². The van der Waals surface area contributed by atoms with E-state index >= 15 is 0 Å². The van der Waals surface area contributed by atoms with E-state index in [1.165, 1.54) is 16.4 Å². The predicted octanol–water partition coefficient (Wildman–Crippen LogP) is 2.04. The van der Waals surface area contributed by atoms with Crippen molar-refractivity contribution in [3.63, 3.8) is 0 Å². The number of sulfonamides is 1. The highest BCUT2D eigenvalue weighted by Gasteiger charge is 2.30. The number of nitrogens with zero attached hydrogens (tertiary/aromatic N) is 2. The second-order valence-corrected chi connectivity index (χ2v) is 9.02. The Morgan fingerprint density at radius 3 is 2.48 bits per heavy atom. The van der Waals surface area contributed by atoms with Crippen LogP contribution in [0.3, 0.4) is 0 Å². The van der Waals surface area contributed by atoms with Crippen molar-refractivity contribution in [2.45, 2.75) is 11.3 Å². The molecule has 2 aliphatic rings. The van der Waals surface area contributed by atoms with Crippen molar-refractivity contribution >= 4 is 21.4 Å². The minimum Gasteiger partial charge on any atom is -0.486 e. The predicted molar refractivity (Wildman–Crippen MR) is 112 cm³/mol. The zero-order valence-electron chi connectivity index (χ0n) is 16.8. The molecule has 10 nitrogen and oxygen atoms in total. The summed E-state index contributed by atoms with van der Waals surface area (Å²) in [6, 6.07) is 9.52. The van der Waals surface area contributed by atoms with Crippen LogP contribution in [0, 0.1) is 10.1 Å². The molecule has 0 unspecified atom stereocenters. The number of nitro groups is 1. The molecule has 2 aromatic carbocycles. The van der Waals surface area contributed by atoms with Gasteiger partial charge in [-0.25, -0.2) is 8.42 Å². The summed E-state index contributed by atoms with van der Waals surface area (Å²) in [5, 5.41) is 14.3. The fourth-order valence-electron chi connectivity index (χ4n) is 3.49. The lowest BCUT2D eigenvalue weighted by atomic mass is 10.1. The number of ether oxygens (including phenoxy) is 3. The second kappa shape index (κ2) is 9.08. The van der Waals surface area contributed by atoms with Crippen LogP contribution >= 0.6 is 0 Å². The van der Waals surface area contributed by atoms with Crippen LogP contribution < -0.4 is 14.8 Å². The van der Waals surface area contributed by atoms with Crippen LogP contribution in [0.15, 0.2) is 41.3 Å². The summed E-state index contributed by atoms with van der Waals surface area (Å²) in [5.41, 5.74) is 1.05. The number of anilines is 1. The SMILES string of the molecule is O=[N+]([O-])c1ccc(NCCc2ccc3c(c2)OCCO3)c(S(=O)(=O)N2CCOCC2)c1. The molecule has 1 saturated heterocycles. The van der Waals surface area contributed by atoms with Gasteiger partial charge < -0.3 is 19.5 Å². The molecule has 2 aliphatic heterocycles. The van der Waals surface area contributed by atoms with E-state index in [0.717, 1.165) is 11.6 Å². The van der Waals surface area contributed by atoms with Crippen LogP contribution in [-0.2, 0) is 21.2 Å². The topological polar surface area (TPSA) is 120 Å². The summed E-state index contributed by atoms with van der Waals surface area (Å²) in [4.78, 5) is 10.5. The first-order chi connectivity index (χ1) is 14.9. The number of hydrogen-bond donors (Lipinski definition) is 1. The van der Waals surface area contributed by atoms with Gasteiger partial charge in [-0.2, -0.15) is 4.31 Å². The maximum Gasteiger partial charge on any atom is 0.270 e. The van der Waals surface area contributed by atoms with Crippen LogP contribution in [0.25, 0.3) is 0 Å². The fraction of sp³-hybridized carbons (Fsp3) is 0.400. The van der Waals surface area contributed by atoms with Gasteiger partial charge in [0.15, 0.2) is 11.5 Å². The fourth-order valence-corrected chi connectivity index (χ4v) is 5.09. The monoisotopic (exact) mass is 449 g/mol. The van der Waals surface area contributed by atoms with Crippen molar-refractivity contribution in [1.82, 2.24) is 4.31 Å². The number of nitrogens with one attached hydrogen (secondary N) is 1. The Labute approximate surface area is 179 Å². The third kappa shape index (κ3) is 4.73. The van der Waals surface area contributed by atoms with Gasteiger partial charge in [-0.05, 0) is 30.2 Å². The molecule has 4 rings (SSSR count). The highest BCUT2D eigenvalue weighted by molar-refractivity contribution is 7.89. The molecule has 0 saturated carbocycles. The molecule has 0 bridgehead atoms. The Kier molecular flexibility index (Phi) is 6.25. The van der Waals surface area contributed by atoms with Crippen LogP contribution in [-0.4, -0.2) is 63.7 Å². The molecule has 0 amide bonds. The van der Waals surface area contributed by atoms with E-state index in [-0.39, 0.29) is 23.7 Å². The lowest BCUT2D eigenvalue weighted by molar-refractivity contribution is -0.385. The Hall–Kier alpha value is -2.89. The molecular weight excluding hydrogens is 426 g/mol. The smallest absolute Gasteiger partial charge is 0.270 e. The van der Waals surface area contributed by atoms with Gasteiger partial charge in [-0.1, -0.05) is 6.07 Å². The average Bonchev–Trinajstić information content (AvgIpc) is 2.79. The molecule has 2 aromatic rings. The van der Waals surface area contributed by atoms with Crippen molar-refractivity contribution in [1.29, 1.82) is 0 Å². The first-order valence-corrected chi connectivity index (χ1v) is 11.4. The van der Waals surface area contributed by atoms with Crippen LogP contribution in [0.1, 0.15) is 5.56 Å². The maximum atomic E-state index is 13.2. The average molecular weight is 449 g/mol. The van der Waals surface area contributed by atoms with Crippen molar-refractivity contribution in [2.75, 3.05) is 51.4 Å². The van der Waals surface area contributed by atoms with Crippen molar-refractivity contribution in [2.24, 2.45) is 0 Å². The molecule has 0 aromatic heterocycles. The molecule has 166 valence electrons. The normalized spacial score (nSPS) is 16.6. The minimum atomic E-state index is -3.91. The van der Waals surface area contributed by atoms with Gasteiger partial charge in [0.05, 0.1) is 23.8 Å². The van der Waals surface area contributed by atoms with Crippen molar-refractivity contribution in [3.05, 3.63) is 52.1 Å². The van der Waals surface area contributed by atoms with Crippen LogP contribution in [0.5, 0.6) is 11.5 Å². The molecule has 11 heteroatoms. The highest BCUT2D eigenvalue weighted by Crippen LogP contribution is 2.32. The Balaban J connectivity index is 1.53. The maximum absolute atomic E-state index is 13.2. The summed E-state index contributed by atoms with van der Waals surface area (Å²) in [5.74, 6) is 1.40. The highest BCUT2D eigenvalue weighted by atomic mass is 32.2. The van der Waals surface area contributed by atoms with Gasteiger partial charge >= 0.3 is 0 Å². The van der Waals surface area contributed by atoms with Gasteiger partial charge in [0.25, 0.3) is 5.69 Å². The van der Waals surface area contributed by atoms with Crippen LogP contribution in [0.2, 0.25) is 0 Å². The number of fused-ring (bicyclic) bond motifs is 1. The summed E-state index contributed by atoms with van der Waals surface area (Å²) in [7, 11) is -3.91. The van der Waals surface area contributed by atoms with Gasteiger partial charge in [0.1, 0.15) is 18.1 Å². The van der Waals surface area contributed by atoms with Crippen LogP contribution in [0.4, 0.5) is 11.4 Å². The number of rotatable bonds is 7. The first-order valence-electron chi connectivity index (χ1n) is 9.94. The van der Waals surface area contributed by atoms with Gasteiger partial charge in [-0.15, -0.1) is 0 Å². The Bertz CT molecular complexity index is 1070. The molecule has 0 spiro atoms. The van der Waals surface area contributed by atoms with E-state index in [1.54, 1.807) is 0 Å². The van der Waals surface area contributed by atoms with E-state index < -0.39 is 14.9 Å². The molecule has 0 radical (unpaired) electrons. The van der Waals surface area contributed by atoms with E-state index in [1.807, 2.05) is 18.2 Å². The van der Waals surface area contributed by atoms with Gasteiger partial charge in [0.2, 0.25) is 10.0 Å². The summed E-state index contributed by atoms with van der Waals surface area (Å²) in [6.45, 7) is 2.46. The molecule has 2 heterocycles. The zero-order chi connectivity index (χ0) is 21.8. The second-order valence-electron chi connectivity index (χ2n) is 7.11. The molecule has 1 N–H and O–H groups in total. The number of benzene rings is 2. The quantitative estimate of drug-likeness (QED) is 0.504. The lowest BCUT2D eigenvalue weighted by Gasteiger charge is -2.27. The first kappa shape index (κ1) is 21.3. The van der Waals surface area contributed by atoms with Crippen molar-refractivity contribution < 1.29 is 27.6 Å². The van der Waals surface area contributed by atoms with E-state index in [9.17, 15) is 18.5 Å². The zero-order valence-corrected chi connectivity index (χ0v) is 17.6. The van der Waals surface area contributed by atoms with Gasteiger partial charge in [0, 0.05) is 31.8 Å². The van der Waals surface area contributed by atoms with E-state index in [2.05, 4.69) is 5.32 Å². The number of non-ortho nitro benzene ring substituents is 1. The summed E-state index contributed by atoms with van der Waals surface area (Å²) >= 11 is 0. The Morgan fingerprint density at radius 1 is 1.00 bits per heavy atom. The summed E-state index contributed by atoms with van der Waals surface area (Å²) in [6.07, 6.45) is 0.602. The number of hydrogen-bond acceptors (Lipinski definition) is 8. The molecule has 31 heavy (non-hydrogen) atoms. The lowest BCUT2D eigenvalue weighted by Crippen LogP contribution is -2.40. The third-order valence-electron chi connectivity index (χ3n) is 5.10. The van der Waals surface area contributed by atoms with Gasteiger partial charge in [-0.3, -0.25) is 10.1 Å². The van der Waals surface area contributed by atoms with E-state index in [0.29, 0.717) is 56.6 Å². The third-order valence-corrected chi connectivity index (χ3v) is 7.04. The molecular formula is C20H23N3O7S. The molecule has 1 fully saturated rings. The largest absolute Gasteiger partial charge is 0.486 e. The number of morpholine rings is 1.